The summed E-state index contributed by atoms with van der Waals surface area (Å²) in [5.74, 6) is 0.599. The smallest absolute Gasteiger partial charge is 0.0577 e. The highest BCUT2D eigenvalue weighted by atomic mass is 35.5. The van der Waals surface area contributed by atoms with Gasteiger partial charge in [-0.2, -0.15) is 0 Å². The Hall–Kier alpha value is -0.740. The van der Waals surface area contributed by atoms with Gasteiger partial charge in [-0.25, -0.2) is 0 Å². The second-order valence-corrected chi connectivity index (χ2v) is 5.43. The maximum absolute atomic E-state index is 11.0. The molecule has 0 amide bonds. The third-order valence-electron chi connectivity index (χ3n) is 1.90. The van der Waals surface area contributed by atoms with Gasteiger partial charge < -0.3 is 11.1 Å². The largest absolute Gasteiger partial charge is 0.397 e. The first-order chi connectivity index (χ1) is 6.99. The van der Waals surface area contributed by atoms with Gasteiger partial charge in [0.1, 0.15) is 0 Å². The van der Waals surface area contributed by atoms with Crippen molar-refractivity contribution >= 4 is 33.8 Å². The molecule has 0 heterocycles. The van der Waals surface area contributed by atoms with E-state index in [2.05, 4.69) is 5.32 Å². The van der Waals surface area contributed by atoms with Gasteiger partial charge in [-0.3, -0.25) is 4.21 Å². The second kappa shape index (κ2) is 5.37. The van der Waals surface area contributed by atoms with Gasteiger partial charge in [-0.05, 0) is 25.1 Å². The van der Waals surface area contributed by atoms with E-state index in [0.29, 0.717) is 16.5 Å². The zero-order valence-corrected chi connectivity index (χ0v) is 10.4. The van der Waals surface area contributed by atoms with Crippen molar-refractivity contribution in [2.24, 2.45) is 0 Å². The first-order valence-electron chi connectivity index (χ1n) is 4.60. The van der Waals surface area contributed by atoms with E-state index in [4.69, 9.17) is 17.3 Å². The molecule has 0 aliphatic heterocycles. The second-order valence-electron chi connectivity index (χ2n) is 3.52. The fourth-order valence-electron chi connectivity index (χ4n) is 1.32. The molecule has 2 unspecified atom stereocenters. The van der Waals surface area contributed by atoms with Crippen LogP contribution in [0.5, 0.6) is 0 Å². The van der Waals surface area contributed by atoms with Gasteiger partial charge >= 0.3 is 0 Å². The molecular weight excluding hydrogens is 232 g/mol. The lowest BCUT2D eigenvalue weighted by Crippen LogP contribution is -2.22. The van der Waals surface area contributed by atoms with Crippen molar-refractivity contribution in [3.8, 4) is 0 Å². The van der Waals surface area contributed by atoms with Crippen LogP contribution in [0.1, 0.15) is 6.92 Å². The fourth-order valence-corrected chi connectivity index (χ4v) is 2.29. The summed E-state index contributed by atoms with van der Waals surface area (Å²) in [4.78, 5) is 0. The summed E-state index contributed by atoms with van der Waals surface area (Å²) in [7, 11) is -0.810. The number of benzene rings is 1. The van der Waals surface area contributed by atoms with E-state index in [-0.39, 0.29) is 6.04 Å². The summed E-state index contributed by atoms with van der Waals surface area (Å²) >= 11 is 5.78. The van der Waals surface area contributed by atoms with Crippen LogP contribution in [0.15, 0.2) is 18.2 Å². The van der Waals surface area contributed by atoms with Gasteiger partial charge in [-0.15, -0.1) is 0 Å². The molecule has 0 saturated carbocycles. The Morgan fingerprint density at radius 3 is 2.80 bits per heavy atom. The molecule has 0 aromatic heterocycles. The maximum atomic E-state index is 11.0. The SMILES string of the molecule is CC(CS(C)=O)Nc1ccc(Cl)cc1N. The van der Waals surface area contributed by atoms with Crippen LogP contribution in [0, 0.1) is 0 Å². The quantitative estimate of drug-likeness (QED) is 0.800. The van der Waals surface area contributed by atoms with E-state index >= 15 is 0 Å². The Morgan fingerprint density at radius 2 is 2.27 bits per heavy atom. The number of hydrogen-bond donors (Lipinski definition) is 2. The lowest BCUT2D eigenvalue weighted by atomic mass is 10.2. The zero-order chi connectivity index (χ0) is 11.4. The van der Waals surface area contributed by atoms with Crippen LogP contribution in [-0.2, 0) is 10.8 Å². The predicted molar refractivity (Wildman–Crippen MR) is 67.9 cm³/mol. The highest BCUT2D eigenvalue weighted by Gasteiger charge is 2.06. The van der Waals surface area contributed by atoms with Crippen LogP contribution >= 0.6 is 11.6 Å². The average molecular weight is 247 g/mol. The Kier molecular flexibility index (Phi) is 4.42. The predicted octanol–water partition coefficient (Wildman–Crippen LogP) is 2.10. The minimum absolute atomic E-state index is 0.124. The fraction of sp³-hybridized carbons (Fsp3) is 0.400. The number of rotatable bonds is 4. The minimum atomic E-state index is -0.810. The van der Waals surface area contributed by atoms with E-state index in [1.165, 1.54) is 0 Å². The number of nitrogens with one attached hydrogen (secondary N) is 1. The van der Waals surface area contributed by atoms with Crippen LogP contribution in [0.2, 0.25) is 5.02 Å². The molecule has 0 bridgehead atoms. The molecule has 1 aromatic carbocycles. The third-order valence-corrected chi connectivity index (χ3v) is 3.10. The van der Waals surface area contributed by atoms with Crippen molar-refractivity contribution in [2.75, 3.05) is 23.1 Å². The Balaban J connectivity index is 2.68. The van der Waals surface area contributed by atoms with Gasteiger partial charge in [0.15, 0.2) is 0 Å². The molecule has 2 atom stereocenters. The van der Waals surface area contributed by atoms with Crippen molar-refractivity contribution < 1.29 is 4.21 Å². The number of halogens is 1. The standard InChI is InChI=1S/C10H15ClN2OS/c1-7(6-15(2)14)13-10-4-3-8(11)5-9(10)12/h3-5,7,13H,6,12H2,1-2H3. The Morgan fingerprint density at radius 1 is 1.60 bits per heavy atom. The number of anilines is 2. The lowest BCUT2D eigenvalue weighted by Gasteiger charge is -2.15. The molecule has 0 aliphatic carbocycles. The molecule has 0 fully saturated rings. The number of hydrogen-bond acceptors (Lipinski definition) is 3. The van der Waals surface area contributed by atoms with Crippen LogP contribution in [0.3, 0.4) is 0 Å². The molecule has 1 aromatic rings. The zero-order valence-electron chi connectivity index (χ0n) is 8.79. The van der Waals surface area contributed by atoms with Gasteiger partial charge in [0.05, 0.1) is 11.4 Å². The lowest BCUT2D eigenvalue weighted by molar-refractivity contribution is 0.683. The van der Waals surface area contributed by atoms with E-state index < -0.39 is 10.8 Å². The third kappa shape index (κ3) is 4.10. The number of nitrogen functional groups attached to an aromatic ring is 1. The average Bonchev–Trinajstić information content (AvgIpc) is 2.08. The highest BCUT2D eigenvalue weighted by molar-refractivity contribution is 7.84. The van der Waals surface area contributed by atoms with Crippen LogP contribution < -0.4 is 11.1 Å². The summed E-state index contributed by atoms with van der Waals surface area (Å²) in [5.41, 5.74) is 7.22. The first-order valence-corrected chi connectivity index (χ1v) is 6.71. The van der Waals surface area contributed by atoms with Crippen molar-refractivity contribution in [1.82, 2.24) is 0 Å². The summed E-state index contributed by atoms with van der Waals surface area (Å²) in [5, 5.41) is 3.81. The Labute approximate surface area is 97.5 Å². The molecule has 5 heteroatoms. The van der Waals surface area contributed by atoms with Crippen molar-refractivity contribution in [3.63, 3.8) is 0 Å². The van der Waals surface area contributed by atoms with E-state index in [9.17, 15) is 4.21 Å². The van der Waals surface area contributed by atoms with Crippen LogP contribution in [0.25, 0.3) is 0 Å². The molecule has 84 valence electrons. The van der Waals surface area contributed by atoms with Crippen molar-refractivity contribution in [2.45, 2.75) is 13.0 Å². The molecule has 0 aliphatic rings. The first kappa shape index (κ1) is 12.3. The molecule has 3 nitrogen and oxygen atoms in total. The Bertz CT molecular complexity index is 370. The summed E-state index contributed by atoms with van der Waals surface area (Å²) in [6.07, 6.45) is 1.68. The van der Waals surface area contributed by atoms with Crippen LogP contribution in [-0.4, -0.2) is 22.3 Å². The monoisotopic (exact) mass is 246 g/mol. The summed E-state index contributed by atoms with van der Waals surface area (Å²) < 4.78 is 11.0. The van der Waals surface area contributed by atoms with E-state index in [1.807, 2.05) is 13.0 Å². The van der Waals surface area contributed by atoms with E-state index in [1.54, 1.807) is 18.4 Å². The molecule has 0 spiro atoms. The van der Waals surface area contributed by atoms with Gasteiger partial charge in [0, 0.05) is 33.9 Å². The van der Waals surface area contributed by atoms with Gasteiger partial charge in [-0.1, -0.05) is 11.6 Å². The van der Waals surface area contributed by atoms with Crippen molar-refractivity contribution in [1.29, 1.82) is 0 Å². The highest BCUT2D eigenvalue weighted by Crippen LogP contribution is 2.23. The summed E-state index contributed by atoms with van der Waals surface area (Å²) in [6, 6.07) is 5.42. The number of nitrogens with two attached hydrogens (primary N) is 1. The van der Waals surface area contributed by atoms with Gasteiger partial charge in [0.25, 0.3) is 0 Å². The molecule has 1 rings (SSSR count). The molecule has 3 N–H and O–H groups in total. The molecule has 0 radical (unpaired) electrons. The van der Waals surface area contributed by atoms with Crippen molar-refractivity contribution in [3.05, 3.63) is 23.2 Å². The summed E-state index contributed by atoms with van der Waals surface area (Å²) in [6.45, 7) is 1.97. The van der Waals surface area contributed by atoms with Gasteiger partial charge in [0.2, 0.25) is 0 Å². The normalized spacial score (nSPS) is 14.6. The van der Waals surface area contributed by atoms with Crippen LogP contribution in [0.4, 0.5) is 11.4 Å². The molecule has 15 heavy (non-hydrogen) atoms. The molecular formula is C10H15ClN2OS. The minimum Gasteiger partial charge on any atom is -0.397 e. The maximum Gasteiger partial charge on any atom is 0.0577 e. The molecule has 0 saturated heterocycles. The topological polar surface area (TPSA) is 55.1 Å². The van der Waals surface area contributed by atoms with E-state index in [0.717, 1.165) is 5.69 Å².